The van der Waals surface area contributed by atoms with E-state index in [-0.39, 0.29) is 58.7 Å². The second-order valence-corrected chi connectivity index (χ2v) is 7.56. The van der Waals surface area contributed by atoms with E-state index in [0.29, 0.717) is 0 Å². The largest absolute Gasteiger partial charge is 3.00 e. The van der Waals surface area contributed by atoms with Crippen molar-refractivity contribution in [1.82, 2.24) is 0 Å². The predicted octanol–water partition coefficient (Wildman–Crippen LogP) is -2.85. The minimum Gasteiger partial charge on any atom is -1.00 e. The molecule has 143 valence electrons. The van der Waals surface area contributed by atoms with Crippen molar-refractivity contribution in [3.63, 3.8) is 0 Å². The van der Waals surface area contributed by atoms with E-state index in [1.807, 2.05) is 0 Å². The molecule has 5 heteroatoms. The van der Waals surface area contributed by atoms with Crippen LogP contribution in [0.3, 0.4) is 0 Å². The van der Waals surface area contributed by atoms with E-state index in [9.17, 15) is 0 Å². The van der Waals surface area contributed by atoms with Crippen molar-refractivity contribution in [2.75, 3.05) is 11.9 Å². The number of anilines is 1. The molecule has 27 heavy (non-hydrogen) atoms. The summed E-state index contributed by atoms with van der Waals surface area (Å²) < 4.78 is 0. The average Bonchev–Trinajstić information content (AvgIpc) is 2.91. The summed E-state index contributed by atoms with van der Waals surface area (Å²) in [5, 5.41) is 17.7. The van der Waals surface area contributed by atoms with Crippen molar-refractivity contribution < 1.29 is 51.6 Å². The monoisotopic (exact) mass is 438 g/mol. The summed E-state index contributed by atoms with van der Waals surface area (Å²) in [5.74, 6) is 0. The molecular formula is C22H26Cl2NOTi. The molecule has 0 atom stereocenters. The molecule has 0 saturated carbocycles. The number of hydrogen-bond acceptors (Lipinski definition) is 2. The second-order valence-electron chi connectivity index (χ2n) is 7.56. The Hall–Kier alpha value is -0.766. The van der Waals surface area contributed by atoms with Gasteiger partial charge in [0, 0.05) is 12.1 Å². The number of aliphatic hydroxyl groups is 1. The Morgan fingerprint density at radius 3 is 2.33 bits per heavy atom. The van der Waals surface area contributed by atoms with E-state index in [4.69, 9.17) is 5.11 Å². The predicted molar refractivity (Wildman–Crippen MR) is 101 cm³/mol. The first-order chi connectivity index (χ1) is 11.4. The van der Waals surface area contributed by atoms with Crippen LogP contribution >= 0.6 is 0 Å². The Labute approximate surface area is 189 Å². The molecule has 0 aliphatic heterocycles. The van der Waals surface area contributed by atoms with Gasteiger partial charge in [-0.1, -0.05) is 41.5 Å². The van der Waals surface area contributed by atoms with Gasteiger partial charge in [-0.05, 0) is 51.4 Å². The van der Waals surface area contributed by atoms with Gasteiger partial charge in [0.25, 0.3) is 0 Å². The van der Waals surface area contributed by atoms with Gasteiger partial charge in [0.15, 0.2) is 0 Å². The van der Waals surface area contributed by atoms with Crippen LogP contribution in [-0.2, 0) is 21.7 Å². The molecule has 2 aromatic rings. The molecule has 1 radical (unpaired) electrons. The Morgan fingerprint density at radius 2 is 1.70 bits per heavy atom. The molecule has 2 aromatic carbocycles. The Kier molecular flexibility index (Phi) is 10.4. The van der Waals surface area contributed by atoms with E-state index in [1.165, 1.54) is 21.2 Å². The fraction of sp³-hybridized carbons (Fsp3) is 0.364. The molecule has 1 aliphatic carbocycles. The van der Waals surface area contributed by atoms with Crippen LogP contribution in [-0.4, -0.2) is 17.3 Å². The molecule has 0 amide bonds. The topological polar surface area (TPSA) is 32.3 Å². The fourth-order valence-electron chi connectivity index (χ4n) is 3.26. The first kappa shape index (κ1) is 26.2. The maximum Gasteiger partial charge on any atom is 3.00 e. The maximum absolute atomic E-state index is 9.15. The number of aliphatic hydroxyl groups excluding tert-OH is 1. The van der Waals surface area contributed by atoms with Crippen molar-refractivity contribution in [3.05, 3.63) is 62.8 Å². The van der Waals surface area contributed by atoms with Crippen LogP contribution in [0.2, 0.25) is 0 Å². The first-order valence-electron chi connectivity index (χ1n) is 8.66. The molecule has 0 spiro atoms. The van der Waals surface area contributed by atoms with Gasteiger partial charge in [0.05, 0.1) is 0 Å². The zero-order chi connectivity index (χ0) is 17.3. The second kappa shape index (κ2) is 10.7. The zero-order valence-corrected chi connectivity index (χ0v) is 19.4. The van der Waals surface area contributed by atoms with E-state index in [2.05, 4.69) is 75.5 Å². The van der Waals surface area contributed by atoms with E-state index in [0.717, 1.165) is 29.3 Å². The number of benzene rings is 2. The van der Waals surface area contributed by atoms with Crippen LogP contribution in [0.15, 0.2) is 36.4 Å². The molecule has 0 aromatic heterocycles. The summed E-state index contributed by atoms with van der Waals surface area (Å²) in [5.41, 5.74) is 3.59. The first-order valence-corrected chi connectivity index (χ1v) is 8.66. The molecular weight excluding hydrogens is 413 g/mol. The minimum atomic E-state index is -0.0302. The molecule has 0 fully saturated rings. The van der Waals surface area contributed by atoms with E-state index < -0.39 is 0 Å². The molecule has 0 saturated heterocycles. The molecule has 1 aliphatic rings. The van der Waals surface area contributed by atoms with Crippen LogP contribution in [0.4, 0.5) is 5.69 Å². The Morgan fingerprint density at radius 1 is 1.04 bits per heavy atom. The Balaban J connectivity index is 0.00000225. The number of halogens is 2. The number of fused-ring (bicyclic) bond motifs is 2. The van der Waals surface area contributed by atoms with E-state index >= 15 is 0 Å². The summed E-state index contributed by atoms with van der Waals surface area (Å²) in [6.07, 6.45) is 5.30. The molecule has 0 unspecified atom stereocenters. The van der Waals surface area contributed by atoms with Gasteiger partial charge in [0.2, 0.25) is 0 Å². The fourth-order valence-corrected chi connectivity index (χ4v) is 3.26. The van der Waals surface area contributed by atoms with Gasteiger partial charge in [-0.25, -0.2) is 0 Å². The van der Waals surface area contributed by atoms with Gasteiger partial charge in [-0.15, -0.1) is 27.8 Å². The van der Waals surface area contributed by atoms with Gasteiger partial charge < -0.3 is 35.2 Å². The van der Waals surface area contributed by atoms with Crippen LogP contribution in [0.1, 0.15) is 46.1 Å². The van der Waals surface area contributed by atoms with Crippen molar-refractivity contribution >= 4 is 17.3 Å². The number of rotatable bonds is 4. The third kappa shape index (κ3) is 5.86. The minimum absolute atomic E-state index is 0. The van der Waals surface area contributed by atoms with Crippen molar-refractivity contribution in [3.8, 4) is 0 Å². The molecule has 0 heterocycles. The van der Waals surface area contributed by atoms with Crippen molar-refractivity contribution in [1.29, 1.82) is 0 Å². The number of nitrogens with one attached hydrogen (secondary N) is 1. The summed E-state index contributed by atoms with van der Waals surface area (Å²) in [7, 11) is 0. The normalized spacial score (nSPS) is 12.3. The van der Waals surface area contributed by atoms with Crippen LogP contribution < -0.4 is 40.6 Å². The third-order valence-electron chi connectivity index (χ3n) is 4.35. The summed E-state index contributed by atoms with van der Waals surface area (Å²) in [6, 6.07) is 12.9. The molecule has 0 bridgehead atoms. The molecule has 2 N–H and O–H groups in total. The third-order valence-corrected chi connectivity index (χ3v) is 4.35. The maximum atomic E-state index is 9.15. The SMILES string of the molecule is CC(CCCO)=c1ccc2c(c1NC(C)(C)C)[C-]=c1ccccc1=2.[Cl-].[Cl-].[Ti+3]. The van der Waals surface area contributed by atoms with Crippen molar-refractivity contribution in [2.24, 2.45) is 0 Å². The summed E-state index contributed by atoms with van der Waals surface area (Å²) >= 11 is 0. The smallest absolute Gasteiger partial charge is 1.00 e. The zero-order valence-electron chi connectivity index (χ0n) is 16.3. The number of hydrogen-bond donors (Lipinski definition) is 2. The van der Waals surface area contributed by atoms with Gasteiger partial charge in [0.1, 0.15) is 0 Å². The Bertz CT molecular complexity index is 981. The van der Waals surface area contributed by atoms with Crippen LogP contribution in [0.5, 0.6) is 0 Å². The summed E-state index contributed by atoms with van der Waals surface area (Å²) in [6.45, 7) is 8.94. The quantitative estimate of drug-likeness (QED) is 0.339. The van der Waals surface area contributed by atoms with Crippen LogP contribution in [0.25, 0.3) is 11.6 Å². The molecule has 2 nitrogen and oxygen atoms in total. The van der Waals surface area contributed by atoms with Gasteiger partial charge >= 0.3 is 21.7 Å². The van der Waals surface area contributed by atoms with Gasteiger partial charge in [-0.3, -0.25) is 0 Å². The van der Waals surface area contributed by atoms with E-state index in [1.54, 1.807) is 0 Å². The van der Waals surface area contributed by atoms with Crippen molar-refractivity contribution in [2.45, 2.75) is 46.1 Å². The average molecular weight is 439 g/mol. The summed E-state index contributed by atoms with van der Waals surface area (Å²) in [4.78, 5) is 0. The van der Waals surface area contributed by atoms with Gasteiger partial charge in [-0.2, -0.15) is 0 Å². The van der Waals surface area contributed by atoms with Crippen LogP contribution in [0, 0.1) is 10.4 Å². The molecule has 3 rings (SSSR count). The standard InChI is InChI=1S/C22H26NO.2ClH.Ti/c1-15(8-7-13-24)17-11-12-19-18-10-6-5-9-16(18)14-20(19)21(17)23-22(2,3)4;;;/h5-6,9-12,23-24H,7-8,13H2,1-4H3;2*1H;/q-1;;;+3/p-2.